The predicted molar refractivity (Wildman–Crippen MR) is 210 cm³/mol. The topological polar surface area (TPSA) is 170 Å². The summed E-state index contributed by atoms with van der Waals surface area (Å²) in [6, 6.07) is 20.5. The number of carbonyl (C=O) groups is 6. The molecule has 1 saturated heterocycles. The first-order chi connectivity index (χ1) is 27.6. The summed E-state index contributed by atoms with van der Waals surface area (Å²) in [6.07, 6.45) is 5.74. The monoisotopic (exact) mass is 779 g/mol. The molecule has 0 unspecified atom stereocenters. The van der Waals surface area contributed by atoms with Gasteiger partial charge in [-0.15, -0.1) is 0 Å². The average Bonchev–Trinajstić information content (AvgIpc) is 3.48. The number of hydrogen-bond acceptors (Lipinski definition) is 12. The predicted octanol–water partition coefficient (Wildman–Crippen LogP) is 6.74. The van der Waals surface area contributed by atoms with Crippen molar-refractivity contribution in [1.82, 2.24) is 5.32 Å². The molecule has 0 spiro atoms. The molecule has 0 bridgehead atoms. The highest BCUT2D eigenvalue weighted by molar-refractivity contribution is 6.10. The van der Waals surface area contributed by atoms with Gasteiger partial charge in [0.1, 0.15) is 11.5 Å². The number of amides is 2. The fourth-order valence-electron chi connectivity index (χ4n) is 5.98. The molecule has 1 fully saturated rings. The highest BCUT2D eigenvalue weighted by Gasteiger charge is 2.47. The molecular formula is C44H45NO12. The van der Waals surface area contributed by atoms with Crippen molar-refractivity contribution >= 4 is 57.2 Å². The molecule has 0 aromatic heterocycles. The fourth-order valence-corrected chi connectivity index (χ4v) is 5.98. The van der Waals surface area contributed by atoms with Crippen LogP contribution in [-0.4, -0.2) is 74.3 Å². The quantitative estimate of drug-likeness (QED) is 0.0294. The van der Waals surface area contributed by atoms with E-state index in [9.17, 15) is 28.8 Å². The minimum Gasteiger partial charge on any atom is -0.494 e. The van der Waals surface area contributed by atoms with Gasteiger partial charge in [0.25, 0.3) is 11.8 Å². The Hall–Kier alpha value is -6.50. The molecule has 1 aliphatic heterocycles. The zero-order valence-electron chi connectivity index (χ0n) is 31.5. The van der Waals surface area contributed by atoms with Gasteiger partial charge in [0.2, 0.25) is 12.2 Å². The Balaban J connectivity index is 1.09. The van der Waals surface area contributed by atoms with Crippen molar-refractivity contribution in [2.45, 2.75) is 63.6 Å². The normalized spacial score (nSPS) is 14.7. The van der Waals surface area contributed by atoms with Crippen molar-refractivity contribution in [3.05, 3.63) is 109 Å². The van der Waals surface area contributed by atoms with E-state index in [1.807, 2.05) is 12.1 Å². The number of unbranched alkanes of at least 4 members (excludes halogenated alkanes) is 6. The second kappa shape index (κ2) is 21.0. The molecule has 0 saturated carbocycles. The summed E-state index contributed by atoms with van der Waals surface area (Å²) in [7, 11) is 0. The Labute approximate surface area is 329 Å². The Morgan fingerprint density at radius 2 is 0.877 bits per heavy atom. The third kappa shape index (κ3) is 12.2. The summed E-state index contributed by atoms with van der Waals surface area (Å²) in [6.45, 7) is 8.48. The summed E-state index contributed by atoms with van der Waals surface area (Å²) in [5.74, 6) is -3.06. The Kier molecular flexibility index (Phi) is 15.3. The molecular weight excluding hydrogens is 734 g/mol. The minimum absolute atomic E-state index is 0.133. The summed E-state index contributed by atoms with van der Waals surface area (Å²) >= 11 is 0. The standard InChI is InChI=1S/C44H45NO12/c1-3-37(46)54-23-11-7-5-9-21-52-35-19-17-29-25-33(15-13-31(29)27-35)43(50)56-39-40(42(49)45-41(39)48)57-44(51)34-16-14-32-28-36(20-18-30(32)26-34)53-22-10-6-8-12-24-55-38(47)4-2/h3-4,13-20,25-28,39-40H,1-2,5-12,21-24H2,(H,45,48,49)/t39-,40-/m1/s1. The summed E-state index contributed by atoms with van der Waals surface area (Å²) in [5.41, 5.74) is 0.266. The van der Waals surface area contributed by atoms with Crippen LogP contribution in [0, 0.1) is 0 Å². The van der Waals surface area contributed by atoms with Crippen molar-refractivity contribution in [3.63, 3.8) is 0 Å². The van der Waals surface area contributed by atoms with Crippen LogP contribution >= 0.6 is 0 Å². The zero-order chi connectivity index (χ0) is 40.6. The van der Waals surface area contributed by atoms with Gasteiger partial charge in [0.15, 0.2) is 0 Å². The van der Waals surface area contributed by atoms with E-state index >= 15 is 0 Å². The van der Waals surface area contributed by atoms with Crippen LogP contribution in [0.1, 0.15) is 72.1 Å². The number of rotatable bonds is 22. The van der Waals surface area contributed by atoms with E-state index in [0.717, 1.165) is 74.3 Å². The van der Waals surface area contributed by atoms with Gasteiger partial charge in [0.05, 0.1) is 37.6 Å². The maximum absolute atomic E-state index is 13.2. The molecule has 57 heavy (non-hydrogen) atoms. The number of hydrogen-bond donors (Lipinski definition) is 1. The van der Waals surface area contributed by atoms with Gasteiger partial charge in [-0.3, -0.25) is 14.9 Å². The molecule has 0 aliphatic carbocycles. The average molecular weight is 780 g/mol. The van der Waals surface area contributed by atoms with Crippen LogP contribution in [0.4, 0.5) is 0 Å². The number of carbonyl (C=O) groups excluding carboxylic acids is 6. The van der Waals surface area contributed by atoms with E-state index in [1.54, 1.807) is 48.5 Å². The van der Waals surface area contributed by atoms with Crippen LogP contribution in [0.15, 0.2) is 98.1 Å². The van der Waals surface area contributed by atoms with Crippen molar-refractivity contribution in [3.8, 4) is 11.5 Å². The first-order valence-electron chi connectivity index (χ1n) is 18.8. The molecule has 2 atom stereocenters. The molecule has 13 heteroatoms. The van der Waals surface area contributed by atoms with Gasteiger partial charge in [-0.2, -0.15) is 0 Å². The molecule has 1 aliphatic rings. The van der Waals surface area contributed by atoms with Crippen LogP contribution < -0.4 is 14.8 Å². The van der Waals surface area contributed by atoms with Gasteiger partial charge in [-0.25, -0.2) is 19.2 Å². The Morgan fingerprint density at radius 1 is 0.509 bits per heavy atom. The van der Waals surface area contributed by atoms with Gasteiger partial charge in [0, 0.05) is 12.2 Å². The molecule has 13 nitrogen and oxygen atoms in total. The minimum atomic E-state index is -1.68. The van der Waals surface area contributed by atoms with Crippen LogP contribution in [0.5, 0.6) is 11.5 Å². The fraction of sp³-hybridized carbons (Fsp3) is 0.318. The van der Waals surface area contributed by atoms with Crippen LogP contribution in [0.3, 0.4) is 0 Å². The maximum Gasteiger partial charge on any atom is 0.339 e. The lowest BCUT2D eigenvalue weighted by atomic mass is 10.1. The summed E-state index contributed by atoms with van der Waals surface area (Å²) < 4.78 is 32.6. The highest BCUT2D eigenvalue weighted by atomic mass is 16.6. The number of ether oxygens (including phenoxy) is 6. The van der Waals surface area contributed by atoms with E-state index in [1.165, 1.54) is 12.1 Å². The largest absolute Gasteiger partial charge is 0.494 e. The van der Waals surface area contributed by atoms with Crippen molar-refractivity contribution < 1.29 is 57.2 Å². The van der Waals surface area contributed by atoms with E-state index in [0.29, 0.717) is 48.7 Å². The van der Waals surface area contributed by atoms with Gasteiger partial charge < -0.3 is 28.4 Å². The number of fused-ring (bicyclic) bond motifs is 2. The van der Waals surface area contributed by atoms with Crippen molar-refractivity contribution in [1.29, 1.82) is 0 Å². The van der Waals surface area contributed by atoms with Crippen LogP contribution in [0.2, 0.25) is 0 Å². The summed E-state index contributed by atoms with van der Waals surface area (Å²) in [5, 5.41) is 5.13. The molecule has 2 amide bonds. The molecule has 5 rings (SSSR count). The van der Waals surface area contributed by atoms with Crippen LogP contribution in [-0.2, 0) is 38.1 Å². The summed E-state index contributed by atoms with van der Waals surface area (Å²) in [4.78, 5) is 73.9. The molecule has 298 valence electrons. The van der Waals surface area contributed by atoms with Gasteiger partial charge in [-0.1, -0.05) is 37.4 Å². The molecule has 1 heterocycles. The Morgan fingerprint density at radius 3 is 1.28 bits per heavy atom. The maximum atomic E-state index is 13.2. The SMILES string of the molecule is C=CC(=O)OCCCCCCOc1ccc2cc(C(=O)O[C@H]3C(=O)NC(=O)[C@@H]3OC(=O)c3ccc4cc(OCCCCCCOC(=O)C=C)ccc4c3)ccc2c1. The van der Waals surface area contributed by atoms with E-state index in [-0.39, 0.29) is 11.1 Å². The lowest BCUT2D eigenvalue weighted by molar-refractivity contribution is -0.138. The number of esters is 4. The molecule has 1 N–H and O–H groups in total. The van der Waals surface area contributed by atoms with Gasteiger partial charge >= 0.3 is 23.9 Å². The van der Waals surface area contributed by atoms with E-state index < -0.39 is 47.9 Å². The van der Waals surface area contributed by atoms with Crippen molar-refractivity contribution in [2.24, 2.45) is 0 Å². The smallest absolute Gasteiger partial charge is 0.339 e. The molecule has 0 radical (unpaired) electrons. The number of imide groups is 1. The van der Waals surface area contributed by atoms with Crippen LogP contribution in [0.25, 0.3) is 21.5 Å². The first-order valence-corrected chi connectivity index (χ1v) is 18.8. The van der Waals surface area contributed by atoms with E-state index in [2.05, 4.69) is 18.5 Å². The second-order valence-electron chi connectivity index (χ2n) is 13.2. The lowest BCUT2D eigenvalue weighted by Gasteiger charge is -2.17. The second-order valence-corrected chi connectivity index (χ2v) is 13.2. The lowest BCUT2D eigenvalue weighted by Crippen LogP contribution is -2.37. The third-order valence-electron chi connectivity index (χ3n) is 9.04. The third-order valence-corrected chi connectivity index (χ3v) is 9.04. The van der Waals surface area contributed by atoms with Gasteiger partial charge in [-0.05, 0) is 121 Å². The number of nitrogens with one attached hydrogen (secondary N) is 1. The number of benzene rings is 4. The molecule has 4 aromatic carbocycles. The Bertz CT molecular complexity index is 1980. The molecule has 4 aromatic rings. The highest BCUT2D eigenvalue weighted by Crippen LogP contribution is 2.26. The van der Waals surface area contributed by atoms with E-state index in [4.69, 9.17) is 28.4 Å². The zero-order valence-corrected chi connectivity index (χ0v) is 31.5. The van der Waals surface area contributed by atoms with Crippen molar-refractivity contribution in [2.75, 3.05) is 26.4 Å². The first kappa shape index (κ1) is 41.7.